The van der Waals surface area contributed by atoms with Gasteiger partial charge in [-0.15, -0.1) is 12.4 Å². The van der Waals surface area contributed by atoms with Gasteiger partial charge in [-0.2, -0.15) is 0 Å². The maximum Gasteiger partial charge on any atom is 0.0608 e. The van der Waals surface area contributed by atoms with E-state index in [4.69, 9.17) is 0 Å². The second kappa shape index (κ2) is 7.32. The van der Waals surface area contributed by atoms with Gasteiger partial charge in [-0.05, 0) is 59.2 Å². The van der Waals surface area contributed by atoms with Crippen LogP contribution in [-0.4, -0.2) is 36.8 Å². The van der Waals surface area contributed by atoms with Gasteiger partial charge in [0.25, 0.3) is 0 Å². The minimum absolute atomic E-state index is 0. The molecule has 0 fully saturated rings. The predicted molar refractivity (Wildman–Crippen MR) is 79.2 cm³/mol. The van der Waals surface area contributed by atoms with E-state index in [-0.39, 0.29) is 18.5 Å². The average molecular weight is 272 g/mol. The number of aliphatic hydroxyl groups is 1. The normalized spacial score (nSPS) is 27.1. The number of nitrogens with zero attached hydrogens (tertiary/aromatic N) is 1. The summed E-state index contributed by atoms with van der Waals surface area (Å²) in [5, 5.41) is 10.2. The van der Waals surface area contributed by atoms with Gasteiger partial charge in [-0.25, -0.2) is 0 Å². The monoisotopic (exact) mass is 271 g/mol. The fourth-order valence-corrected chi connectivity index (χ4v) is 3.14. The summed E-state index contributed by atoms with van der Waals surface area (Å²) in [6, 6.07) is 0. The number of aliphatic hydroxyl groups excluding tert-OH is 1. The van der Waals surface area contributed by atoms with Crippen LogP contribution in [0.5, 0.6) is 0 Å². The van der Waals surface area contributed by atoms with Crippen molar-refractivity contribution in [2.75, 3.05) is 20.6 Å². The molecule has 2 rings (SSSR count). The average Bonchev–Trinajstić information content (AvgIpc) is 2.32. The third-order valence-corrected chi connectivity index (χ3v) is 4.10. The third-order valence-electron chi connectivity index (χ3n) is 4.10. The van der Waals surface area contributed by atoms with Crippen LogP contribution in [0.15, 0.2) is 23.3 Å². The van der Waals surface area contributed by atoms with E-state index in [0.29, 0.717) is 5.92 Å². The van der Waals surface area contributed by atoms with E-state index in [9.17, 15) is 5.11 Å². The summed E-state index contributed by atoms with van der Waals surface area (Å²) in [6.45, 7) is 1.13. The molecule has 0 aromatic heterocycles. The molecule has 2 nitrogen and oxygen atoms in total. The highest BCUT2D eigenvalue weighted by atomic mass is 35.5. The van der Waals surface area contributed by atoms with Crippen LogP contribution in [0, 0.1) is 5.92 Å². The molecule has 0 aromatic rings. The first kappa shape index (κ1) is 15.7. The van der Waals surface area contributed by atoms with Crippen LogP contribution < -0.4 is 0 Å². The van der Waals surface area contributed by atoms with Crippen LogP contribution in [0.25, 0.3) is 0 Å². The molecule has 0 amide bonds. The molecule has 0 heterocycles. The summed E-state index contributed by atoms with van der Waals surface area (Å²) in [5.41, 5.74) is 3.18. The summed E-state index contributed by atoms with van der Waals surface area (Å²) in [5.74, 6) is 0.434. The Hall–Kier alpha value is -0.310. The maximum absolute atomic E-state index is 10.2. The maximum atomic E-state index is 10.2. The quantitative estimate of drug-likeness (QED) is 0.794. The van der Waals surface area contributed by atoms with E-state index in [1.165, 1.54) is 6.42 Å². The van der Waals surface area contributed by atoms with Gasteiger partial charge >= 0.3 is 0 Å². The van der Waals surface area contributed by atoms with Gasteiger partial charge < -0.3 is 10.0 Å². The second-order valence-electron chi connectivity index (χ2n) is 5.67. The van der Waals surface area contributed by atoms with Gasteiger partial charge in [0.15, 0.2) is 0 Å². The summed E-state index contributed by atoms with van der Waals surface area (Å²) in [6.07, 6.45) is 11.1. The highest BCUT2D eigenvalue weighted by Gasteiger charge is 2.29. The first-order valence-corrected chi connectivity index (χ1v) is 6.87. The smallest absolute Gasteiger partial charge is 0.0608 e. The van der Waals surface area contributed by atoms with Crippen molar-refractivity contribution in [2.45, 2.75) is 44.6 Å². The van der Waals surface area contributed by atoms with Crippen molar-refractivity contribution in [1.82, 2.24) is 4.90 Å². The molecule has 2 aliphatic carbocycles. The minimum atomic E-state index is -0.0950. The lowest BCUT2D eigenvalue weighted by molar-refractivity contribution is 0.0990. The molecule has 0 spiro atoms. The molecule has 0 saturated carbocycles. The molecule has 0 aromatic carbocycles. The molecule has 0 saturated heterocycles. The zero-order valence-corrected chi connectivity index (χ0v) is 12.4. The van der Waals surface area contributed by atoms with E-state index in [0.717, 1.165) is 38.6 Å². The third kappa shape index (κ3) is 3.84. The van der Waals surface area contributed by atoms with E-state index in [1.807, 2.05) is 0 Å². The van der Waals surface area contributed by atoms with Gasteiger partial charge in [0.2, 0.25) is 0 Å². The first-order valence-electron chi connectivity index (χ1n) is 6.87. The summed E-state index contributed by atoms with van der Waals surface area (Å²) >= 11 is 0. The van der Waals surface area contributed by atoms with Crippen molar-refractivity contribution < 1.29 is 5.11 Å². The van der Waals surface area contributed by atoms with E-state index in [1.54, 1.807) is 11.1 Å². The van der Waals surface area contributed by atoms with Crippen molar-refractivity contribution in [3.05, 3.63) is 23.3 Å². The van der Waals surface area contributed by atoms with Crippen molar-refractivity contribution in [2.24, 2.45) is 5.92 Å². The molecule has 2 atom stereocenters. The van der Waals surface area contributed by atoms with Crippen molar-refractivity contribution in [3.63, 3.8) is 0 Å². The Kier molecular flexibility index (Phi) is 6.40. The van der Waals surface area contributed by atoms with Crippen LogP contribution >= 0.6 is 12.4 Å². The van der Waals surface area contributed by atoms with Crippen molar-refractivity contribution in [3.8, 4) is 0 Å². The lowest BCUT2D eigenvalue weighted by Crippen LogP contribution is -2.29. The number of hydrogen-bond donors (Lipinski definition) is 1. The van der Waals surface area contributed by atoms with Gasteiger partial charge in [0, 0.05) is 5.92 Å². The van der Waals surface area contributed by atoms with E-state index in [2.05, 4.69) is 31.1 Å². The van der Waals surface area contributed by atoms with Crippen molar-refractivity contribution in [1.29, 1.82) is 0 Å². The molecule has 104 valence electrons. The molecule has 2 aliphatic rings. The van der Waals surface area contributed by atoms with Gasteiger partial charge in [0.1, 0.15) is 0 Å². The fourth-order valence-electron chi connectivity index (χ4n) is 3.14. The standard InChI is InChI=1S/C15H25NO.ClH/c1-16(2)11-5-8-14-13-7-4-3-6-12(13)9-10-15(14)17;/h3-4,14-15,17H,5-11H2,1-2H3;1H. The molecular weight excluding hydrogens is 246 g/mol. The molecule has 18 heavy (non-hydrogen) atoms. The van der Waals surface area contributed by atoms with Gasteiger partial charge in [-0.1, -0.05) is 23.3 Å². The lowest BCUT2D eigenvalue weighted by atomic mass is 9.74. The Labute approximate surface area is 117 Å². The topological polar surface area (TPSA) is 23.5 Å². The van der Waals surface area contributed by atoms with Gasteiger partial charge in [0.05, 0.1) is 6.10 Å². The zero-order valence-electron chi connectivity index (χ0n) is 11.6. The zero-order chi connectivity index (χ0) is 12.3. The van der Waals surface area contributed by atoms with E-state index < -0.39 is 0 Å². The Balaban J connectivity index is 0.00000162. The first-order chi connectivity index (χ1) is 8.18. The van der Waals surface area contributed by atoms with Gasteiger partial charge in [-0.3, -0.25) is 0 Å². The Bertz CT molecular complexity index is 322. The number of hydrogen-bond acceptors (Lipinski definition) is 2. The molecule has 3 heteroatoms. The SMILES string of the molecule is CN(C)CCCC1C2=C(CC=CC2)CCC1O.Cl. The minimum Gasteiger partial charge on any atom is -0.392 e. The van der Waals surface area contributed by atoms with Crippen LogP contribution in [0.3, 0.4) is 0 Å². The Morgan fingerprint density at radius 1 is 1.28 bits per heavy atom. The van der Waals surface area contributed by atoms with E-state index >= 15 is 0 Å². The molecule has 0 radical (unpaired) electrons. The predicted octanol–water partition coefficient (Wildman–Crippen LogP) is 3.17. The highest BCUT2D eigenvalue weighted by molar-refractivity contribution is 5.85. The number of allylic oxidation sites excluding steroid dienone is 3. The second-order valence-corrected chi connectivity index (χ2v) is 5.67. The highest BCUT2D eigenvalue weighted by Crippen LogP contribution is 2.39. The largest absolute Gasteiger partial charge is 0.392 e. The summed E-state index contributed by atoms with van der Waals surface area (Å²) in [7, 11) is 4.23. The Morgan fingerprint density at radius 3 is 2.72 bits per heavy atom. The fraction of sp³-hybridized carbons (Fsp3) is 0.733. The van der Waals surface area contributed by atoms with Crippen LogP contribution in [0.2, 0.25) is 0 Å². The number of rotatable bonds is 4. The Morgan fingerprint density at radius 2 is 2.00 bits per heavy atom. The molecule has 0 bridgehead atoms. The van der Waals surface area contributed by atoms with Crippen LogP contribution in [0.4, 0.5) is 0 Å². The van der Waals surface area contributed by atoms with Crippen LogP contribution in [0.1, 0.15) is 38.5 Å². The molecular formula is C15H26ClNO. The lowest BCUT2D eigenvalue weighted by Gasteiger charge is -2.34. The van der Waals surface area contributed by atoms with Crippen molar-refractivity contribution >= 4 is 12.4 Å². The molecule has 1 N–H and O–H groups in total. The van der Waals surface area contributed by atoms with Crippen LogP contribution in [-0.2, 0) is 0 Å². The molecule has 2 unspecified atom stereocenters. The summed E-state index contributed by atoms with van der Waals surface area (Å²) < 4.78 is 0. The number of halogens is 1. The molecule has 0 aliphatic heterocycles. The summed E-state index contributed by atoms with van der Waals surface area (Å²) in [4.78, 5) is 2.23.